The quantitative estimate of drug-likeness (QED) is 0.0608. The number of rotatable bonds is 26. The van der Waals surface area contributed by atoms with Crippen LogP contribution in [0.5, 0.6) is 23.0 Å². The molecule has 0 aliphatic carbocycles. The minimum atomic E-state index is 0.682. The average Bonchev–Trinajstić information content (AvgIpc) is 3.83. The Hall–Kier alpha value is -2.36. The zero-order valence-electron chi connectivity index (χ0n) is 29.2. The van der Waals surface area contributed by atoms with Crippen LogP contribution < -0.4 is 18.9 Å². The van der Waals surface area contributed by atoms with E-state index < -0.39 is 0 Å². The molecule has 4 rings (SSSR count). The fourth-order valence-corrected chi connectivity index (χ4v) is 8.06. The first-order valence-electron chi connectivity index (χ1n) is 18.2. The summed E-state index contributed by atoms with van der Waals surface area (Å²) in [5, 5.41) is 4.20. The third-order valence-electron chi connectivity index (χ3n) is 8.33. The molecule has 9 heteroatoms. The van der Waals surface area contributed by atoms with Crippen LogP contribution in [-0.4, -0.2) is 35.2 Å². The molecule has 0 amide bonds. The van der Waals surface area contributed by atoms with Gasteiger partial charge in [0.1, 0.15) is 11.0 Å². The summed E-state index contributed by atoms with van der Waals surface area (Å²) in [5.74, 6) is 3.37. The highest BCUT2D eigenvalue weighted by atomic mass is 32.1. The van der Waals surface area contributed by atoms with E-state index in [2.05, 4.69) is 50.6 Å². The normalized spacial score (nSPS) is 11.4. The predicted molar refractivity (Wildman–Crippen MR) is 203 cm³/mol. The van der Waals surface area contributed by atoms with Crippen LogP contribution >= 0.6 is 34.4 Å². The number of aromatic nitrogens is 2. The Balaban J connectivity index is 1.62. The zero-order valence-corrected chi connectivity index (χ0v) is 31.7. The summed E-state index contributed by atoms with van der Waals surface area (Å²) in [6.07, 6.45) is 18.7. The molecule has 0 radical (unpaired) electrons. The molecule has 0 aliphatic heterocycles. The lowest BCUT2D eigenvalue weighted by Gasteiger charge is -2.13. The van der Waals surface area contributed by atoms with Crippen molar-refractivity contribution in [3.05, 3.63) is 22.9 Å². The van der Waals surface area contributed by atoms with E-state index in [1.54, 1.807) is 22.7 Å². The molecule has 0 saturated carbocycles. The van der Waals surface area contributed by atoms with Gasteiger partial charge in [-0.15, -0.1) is 22.7 Å². The van der Waals surface area contributed by atoms with Gasteiger partial charge >= 0.3 is 0 Å². The van der Waals surface area contributed by atoms with Gasteiger partial charge in [-0.3, -0.25) is 0 Å². The Bertz CT molecular complexity index is 1330. The molecule has 0 bridgehead atoms. The molecule has 6 nitrogen and oxygen atoms in total. The van der Waals surface area contributed by atoms with Crippen LogP contribution in [0.4, 0.5) is 0 Å². The number of ether oxygens (including phenoxy) is 4. The first-order chi connectivity index (χ1) is 23.2. The van der Waals surface area contributed by atoms with E-state index in [0.717, 1.165) is 80.6 Å². The van der Waals surface area contributed by atoms with E-state index in [1.165, 1.54) is 88.8 Å². The summed E-state index contributed by atoms with van der Waals surface area (Å²) in [7, 11) is 0. The van der Waals surface area contributed by atoms with E-state index >= 15 is 0 Å². The van der Waals surface area contributed by atoms with Crippen LogP contribution in [0.15, 0.2) is 22.9 Å². The van der Waals surface area contributed by atoms with Gasteiger partial charge < -0.3 is 18.9 Å². The van der Waals surface area contributed by atoms with E-state index in [4.69, 9.17) is 27.7 Å². The SMILES string of the molecule is CCCCCCOc1csc(-c2ccc(-c3scc(OCCCCCC)c3OCCCCCC)c3nsnc23)c1OCCCCCC. The molecule has 0 fully saturated rings. The van der Waals surface area contributed by atoms with Crippen molar-refractivity contribution in [2.24, 2.45) is 0 Å². The lowest BCUT2D eigenvalue weighted by molar-refractivity contribution is 0.261. The Labute approximate surface area is 295 Å². The van der Waals surface area contributed by atoms with E-state index in [0.29, 0.717) is 26.4 Å². The van der Waals surface area contributed by atoms with E-state index in [1.807, 2.05) is 0 Å². The monoisotopic (exact) mass is 700 g/mol. The summed E-state index contributed by atoms with van der Waals surface area (Å²) >= 11 is 4.60. The topological polar surface area (TPSA) is 62.7 Å². The van der Waals surface area contributed by atoms with Crippen molar-refractivity contribution in [2.45, 2.75) is 130 Å². The van der Waals surface area contributed by atoms with Crippen molar-refractivity contribution in [2.75, 3.05) is 26.4 Å². The maximum atomic E-state index is 6.49. The summed E-state index contributed by atoms with van der Waals surface area (Å²) in [6.45, 7) is 11.7. The number of hydrogen-bond donors (Lipinski definition) is 0. The molecular formula is C38H56N2O4S3. The lowest BCUT2D eigenvalue weighted by Crippen LogP contribution is -2.02. The van der Waals surface area contributed by atoms with Crippen LogP contribution in [0.2, 0.25) is 0 Å². The number of thiophene rings is 2. The van der Waals surface area contributed by atoms with E-state index in [-0.39, 0.29) is 0 Å². The number of unbranched alkanes of at least 4 members (excludes halogenated alkanes) is 12. The first-order valence-corrected chi connectivity index (χ1v) is 20.7. The summed E-state index contributed by atoms with van der Waals surface area (Å²) in [5.41, 5.74) is 3.86. The highest BCUT2D eigenvalue weighted by Crippen LogP contribution is 2.50. The Morgan fingerprint density at radius 3 is 1.19 bits per heavy atom. The van der Waals surface area contributed by atoms with E-state index in [9.17, 15) is 0 Å². The van der Waals surface area contributed by atoms with Gasteiger partial charge in [-0.25, -0.2) is 0 Å². The number of nitrogens with zero attached hydrogens (tertiary/aromatic N) is 2. The van der Waals surface area contributed by atoms with Gasteiger partial charge in [0.25, 0.3) is 0 Å². The Morgan fingerprint density at radius 1 is 0.468 bits per heavy atom. The smallest absolute Gasteiger partial charge is 0.179 e. The maximum Gasteiger partial charge on any atom is 0.179 e. The van der Waals surface area contributed by atoms with Crippen molar-refractivity contribution >= 4 is 45.4 Å². The highest BCUT2D eigenvalue weighted by molar-refractivity contribution is 7.15. The Kier molecular flexibility index (Phi) is 17.2. The molecule has 260 valence electrons. The van der Waals surface area contributed by atoms with Gasteiger partial charge in [-0.1, -0.05) is 117 Å². The second kappa shape index (κ2) is 21.6. The fourth-order valence-electron chi connectivity index (χ4n) is 5.57. The molecule has 0 saturated heterocycles. The summed E-state index contributed by atoms with van der Waals surface area (Å²) < 4.78 is 35.3. The van der Waals surface area contributed by atoms with Gasteiger partial charge in [0.2, 0.25) is 0 Å². The second-order valence-electron chi connectivity index (χ2n) is 12.3. The molecule has 0 atom stereocenters. The molecule has 0 unspecified atom stereocenters. The third kappa shape index (κ3) is 11.1. The molecule has 0 N–H and O–H groups in total. The largest absolute Gasteiger partial charge is 0.489 e. The summed E-state index contributed by atoms with van der Waals surface area (Å²) in [4.78, 5) is 2.12. The molecule has 4 aromatic rings. The van der Waals surface area contributed by atoms with Crippen LogP contribution in [0.3, 0.4) is 0 Å². The molecule has 47 heavy (non-hydrogen) atoms. The Morgan fingerprint density at radius 2 is 0.830 bits per heavy atom. The van der Waals surface area contributed by atoms with Gasteiger partial charge in [0, 0.05) is 21.9 Å². The van der Waals surface area contributed by atoms with Crippen molar-refractivity contribution in [3.63, 3.8) is 0 Å². The molecule has 3 aromatic heterocycles. The predicted octanol–water partition coefficient (Wildman–Crippen LogP) is 13.0. The minimum Gasteiger partial charge on any atom is -0.489 e. The second-order valence-corrected chi connectivity index (χ2v) is 14.6. The fraction of sp³-hybridized carbons (Fsp3) is 0.632. The molecule has 3 heterocycles. The van der Waals surface area contributed by atoms with Gasteiger partial charge in [0.05, 0.1) is 47.9 Å². The minimum absolute atomic E-state index is 0.682. The van der Waals surface area contributed by atoms with Crippen LogP contribution in [0.1, 0.15) is 130 Å². The van der Waals surface area contributed by atoms with Crippen LogP contribution in [0, 0.1) is 0 Å². The van der Waals surface area contributed by atoms with Gasteiger partial charge in [-0.2, -0.15) is 8.75 Å². The van der Waals surface area contributed by atoms with Gasteiger partial charge in [0.15, 0.2) is 23.0 Å². The van der Waals surface area contributed by atoms with Gasteiger partial charge in [-0.05, 0) is 25.7 Å². The maximum absolute atomic E-state index is 6.49. The number of fused-ring (bicyclic) bond motifs is 1. The number of hydrogen-bond acceptors (Lipinski definition) is 9. The summed E-state index contributed by atoms with van der Waals surface area (Å²) in [6, 6.07) is 4.35. The first kappa shape index (κ1) is 37.5. The van der Waals surface area contributed by atoms with Crippen molar-refractivity contribution in [1.29, 1.82) is 0 Å². The molecule has 1 aromatic carbocycles. The molecule has 0 spiro atoms. The highest BCUT2D eigenvalue weighted by Gasteiger charge is 2.24. The van der Waals surface area contributed by atoms with Crippen molar-refractivity contribution in [3.8, 4) is 43.9 Å². The third-order valence-corrected chi connectivity index (χ3v) is 10.8. The average molecular weight is 701 g/mol. The molecule has 0 aliphatic rings. The van der Waals surface area contributed by atoms with Crippen molar-refractivity contribution < 1.29 is 18.9 Å². The molecular weight excluding hydrogens is 645 g/mol. The van der Waals surface area contributed by atoms with Crippen molar-refractivity contribution in [1.82, 2.24) is 8.75 Å². The standard InChI is InChI=1S/C38H56N2O4S3/c1-5-9-13-17-23-41-31-27-45-37(35(31)43-25-19-15-11-7-3)29-21-22-30(34-33(29)39-47-40-34)38-36(44-26-20-16-12-8-4)32(28-46-38)42-24-18-14-10-6-2/h21-22,27-28H,5-20,23-26H2,1-4H3. The van der Waals surface area contributed by atoms with Crippen LogP contribution in [-0.2, 0) is 0 Å². The number of benzene rings is 1. The lowest BCUT2D eigenvalue weighted by atomic mass is 10.0. The zero-order chi connectivity index (χ0) is 33.1. The van der Waals surface area contributed by atoms with Crippen LogP contribution in [0.25, 0.3) is 31.9 Å².